The van der Waals surface area contributed by atoms with Gasteiger partial charge in [0.25, 0.3) is 0 Å². The molecule has 21 heavy (non-hydrogen) atoms. The van der Waals surface area contributed by atoms with Crippen molar-refractivity contribution in [1.82, 2.24) is 4.72 Å². The van der Waals surface area contributed by atoms with E-state index < -0.39 is 10.0 Å². The lowest BCUT2D eigenvalue weighted by atomic mass is 9.69. The molecule has 2 aliphatic carbocycles. The van der Waals surface area contributed by atoms with E-state index in [1.165, 1.54) is 6.42 Å². The standard InChI is InChI=1S/C17H25NO2S/c1-12-5-7-14(8-6-12)21(19,20)18-15-16(2,3)13-9-10-17(15,4)11-13/h5-8,13,15,18H,9-11H2,1-4H3/t13-,15+,17+/m0/s1. The van der Waals surface area contributed by atoms with E-state index in [1.807, 2.05) is 19.1 Å². The molecule has 1 aromatic rings. The second-order valence-corrected chi connectivity index (χ2v) is 9.50. The third-order valence-corrected chi connectivity index (χ3v) is 7.31. The number of aryl methyl sites for hydroxylation is 1. The highest BCUT2D eigenvalue weighted by molar-refractivity contribution is 7.89. The van der Waals surface area contributed by atoms with Crippen LogP contribution in [-0.2, 0) is 10.0 Å². The highest BCUT2D eigenvalue weighted by Gasteiger charge is 2.60. The summed E-state index contributed by atoms with van der Waals surface area (Å²) in [5.74, 6) is 0.633. The van der Waals surface area contributed by atoms with Crippen LogP contribution < -0.4 is 4.72 Å². The van der Waals surface area contributed by atoms with Crippen molar-refractivity contribution in [2.24, 2.45) is 16.7 Å². The van der Waals surface area contributed by atoms with Crippen molar-refractivity contribution >= 4 is 10.0 Å². The topological polar surface area (TPSA) is 46.2 Å². The van der Waals surface area contributed by atoms with Gasteiger partial charge in [-0.1, -0.05) is 38.5 Å². The van der Waals surface area contributed by atoms with Crippen LogP contribution in [-0.4, -0.2) is 14.5 Å². The minimum Gasteiger partial charge on any atom is -0.207 e. The smallest absolute Gasteiger partial charge is 0.207 e. The zero-order valence-corrected chi connectivity index (χ0v) is 14.1. The highest BCUT2D eigenvalue weighted by atomic mass is 32.2. The Morgan fingerprint density at radius 1 is 1.14 bits per heavy atom. The maximum atomic E-state index is 12.7. The van der Waals surface area contributed by atoms with Gasteiger partial charge in [0.05, 0.1) is 4.90 Å². The van der Waals surface area contributed by atoms with Crippen LogP contribution in [0.1, 0.15) is 45.6 Å². The van der Waals surface area contributed by atoms with Crippen molar-refractivity contribution in [3.05, 3.63) is 29.8 Å². The van der Waals surface area contributed by atoms with Crippen molar-refractivity contribution in [2.45, 2.75) is 57.9 Å². The number of hydrogen-bond donors (Lipinski definition) is 1. The van der Waals surface area contributed by atoms with Crippen molar-refractivity contribution in [1.29, 1.82) is 0 Å². The second kappa shape index (κ2) is 4.56. The van der Waals surface area contributed by atoms with E-state index >= 15 is 0 Å². The summed E-state index contributed by atoms with van der Waals surface area (Å²) in [7, 11) is -3.44. The minimum atomic E-state index is -3.44. The predicted octanol–water partition coefficient (Wildman–Crippen LogP) is 3.49. The Balaban J connectivity index is 1.91. The second-order valence-electron chi connectivity index (χ2n) is 7.78. The van der Waals surface area contributed by atoms with Gasteiger partial charge in [-0.15, -0.1) is 0 Å². The molecule has 2 saturated carbocycles. The molecule has 0 unspecified atom stereocenters. The summed E-state index contributed by atoms with van der Waals surface area (Å²) in [4.78, 5) is 0.371. The van der Waals surface area contributed by atoms with Crippen LogP contribution in [0.4, 0.5) is 0 Å². The summed E-state index contributed by atoms with van der Waals surface area (Å²) >= 11 is 0. The number of nitrogens with one attached hydrogen (secondary N) is 1. The van der Waals surface area contributed by atoms with Crippen LogP contribution in [0.5, 0.6) is 0 Å². The average molecular weight is 307 g/mol. The quantitative estimate of drug-likeness (QED) is 0.929. The van der Waals surface area contributed by atoms with Gasteiger partial charge in [0.2, 0.25) is 10.0 Å². The molecule has 2 aliphatic rings. The van der Waals surface area contributed by atoms with Gasteiger partial charge < -0.3 is 0 Å². The van der Waals surface area contributed by atoms with Crippen LogP contribution >= 0.6 is 0 Å². The van der Waals surface area contributed by atoms with E-state index in [0.717, 1.165) is 18.4 Å². The fraction of sp³-hybridized carbons (Fsp3) is 0.647. The first-order chi connectivity index (χ1) is 9.65. The molecule has 3 atom stereocenters. The summed E-state index contributed by atoms with van der Waals surface area (Å²) < 4.78 is 28.4. The van der Waals surface area contributed by atoms with E-state index in [1.54, 1.807) is 12.1 Å². The third kappa shape index (κ3) is 2.33. The molecular weight excluding hydrogens is 282 g/mol. The molecule has 1 N–H and O–H groups in total. The fourth-order valence-electron chi connectivity index (χ4n) is 4.54. The first kappa shape index (κ1) is 15.0. The molecule has 4 heteroatoms. The molecule has 0 heterocycles. The molecule has 2 bridgehead atoms. The predicted molar refractivity (Wildman–Crippen MR) is 84.5 cm³/mol. The zero-order valence-electron chi connectivity index (χ0n) is 13.3. The van der Waals surface area contributed by atoms with Crippen LogP contribution in [0, 0.1) is 23.7 Å². The van der Waals surface area contributed by atoms with E-state index in [-0.39, 0.29) is 16.9 Å². The molecule has 2 fully saturated rings. The average Bonchev–Trinajstić information content (AvgIpc) is 2.87. The minimum absolute atomic E-state index is 0.0232. The fourth-order valence-corrected chi connectivity index (χ4v) is 6.07. The Bertz CT molecular complexity index is 643. The molecule has 0 saturated heterocycles. The summed E-state index contributed by atoms with van der Waals surface area (Å²) in [5, 5.41) is 0. The Labute approximate surface area is 128 Å². The van der Waals surface area contributed by atoms with Crippen molar-refractivity contribution < 1.29 is 8.42 Å². The van der Waals surface area contributed by atoms with Crippen molar-refractivity contribution in [3.8, 4) is 0 Å². The van der Waals surface area contributed by atoms with Gasteiger partial charge in [-0.25, -0.2) is 13.1 Å². The molecule has 0 radical (unpaired) electrons. The van der Waals surface area contributed by atoms with Crippen LogP contribution in [0.25, 0.3) is 0 Å². The summed E-state index contributed by atoms with van der Waals surface area (Å²) in [5.41, 5.74) is 1.21. The zero-order chi connectivity index (χ0) is 15.5. The summed E-state index contributed by atoms with van der Waals surface area (Å²) in [6, 6.07) is 7.11. The maximum absolute atomic E-state index is 12.7. The molecule has 3 nitrogen and oxygen atoms in total. The van der Waals surface area contributed by atoms with E-state index in [2.05, 4.69) is 25.5 Å². The van der Waals surface area contributed by atoms with Crippen LogP contribution in [0.15, 0.2) is 29.2 Å². The summed E-state index contributed by atoms with van der Waals surface area (Å²) in [6.45, 7) is 8.63. The molecular formula is C17H25NO2S. The molecule has 0 spiro atoms. The first-order valence-corrected chi connectivity index (χ1v) is 9.22. The number of benzene rings is 1. The van der Waals surface area contributed by atoms with Gasteiger partial charge in [-0.2, -0.15) is 0 Å². The highest BCUT2D eigenvalue weighted by Crippen LogP contribution is 2.62. The Morgan fingerprint density at radius 3 is 2.29 bits per heavy atom. The monoisotopic (exact) mass is 307 g/mol. The Hall–Kier alpha value is -0.870. The first-order valence-electron chi connectivity index (χ1n) is 7.74. The van der Waals surface area contributed by atoms with Gasteiger partial charge >= 0.3 is 0 Å². The van der Waals surface area contributed by atoms with E-state index in [0.29, 0.717) is 10.8 Å². The lowest BCUT2D eigenvalue weighted by molar-refractivity contribution is 0.127. The molecule has 1 aromatic carbocycles. The van der Waals surface area contributed by atoms with Crippen molar-refractivity contribution in [2.75, 3.05) is 0 Å². The molecule has 0 aromatic heterocycles. The number of sulfonamides is 1. The summed E-state index contributed by atoms with van der Waals surface area (Å²) in [6.07, 6.45) is 3.50. The van der Waals surface area contributed by atoms with E-state index in [4.69, 9.17) is 0 Å². The number of hydrogen-bond acceptors (Lipinski definition) is 2. The van der Waals surface area contributed by atoms with Crippen molar-refractivity contribution in [3.63, 3.8) is 0 Å². The SMILES string of the molecule is Cc1ccc(S(=O)(=O)N[C@@H]2C(C)(C)[C@H]3CC[C@]2(C)C3)cc1. The largest absolute Gasteiger partial charge is 0.240 e. The third-order valence-electron chi connectivity index (χ3n) is 5.87. The Morgan fingerprint density at radius 2 is 1.76 bits per heavy atom. The molecule has 0 amide bonds. The van der Waals surface area contributed by atoms with Gasteiger partial charge in [-0.3, -0.25) is 0 Å². The van der Waals surface area contributed by atoms with Gasteiger partial charge in [0.15, 0.2) is 0 Å². The lowest BCUT2D eigenvalue weighted by Crippen LogP contribution is -2.52. The normalized spacial score (nSPS) is 34.3. The van der Waals surface area contributed by atoms with E-state index in [9.17, 15) is 8.42 Å². The van der Waals surface area contributed by atoms with Crippen LogP contribution in [0.2, 0.25) is 0 Å². The van der Waals surface area contributed by atoms with Gasteiger partial charge in [-0.05, 0) is 55.1 Å². The number of rotatable bonds is 3. The molecule has 116 valence electrons. The maximum Gasteiger partial charge on any atom is 0.240 e. The molecule has 3 rings (SSSR count). The van der Waals surface area contributed by atoms with Gasteiger partial charge in [0, 0.05) is 6.04 Å². The lowest BCUT2D eigenvalue weighted by Gasteiger charge is -2.42. The van der Waals surface area contributed by atoms with Crippen LogP contribution in [0.3, 0.4) is 0 Å². The van der Waals surface area contributed by atoms with Gasteiger partial charge in [0.1, 0.15) is 0 Å². The Kier molecular flexibility index (Phi) is 3.27. The number of fused-ring (bicyclic) bond motifs is 2. The molecule has 0 aliphatic heterocycles.